The number of aliphatic carboxylic acids is 1. The lowest BCUT2D eigenvalue weighted by molar-refractivity contribution is -0.148. The topological polar surface area (TPSA) is 175 Å². The SMILES string of the molecule is CC(C)(C)OC(=O)NC(COCCCc1cccc2c1CN(C(=O)O)C2)C(=O)NCC(=O)N1CCCC1C(=O)O.CC(C)C. The lowest BCUT2D eigenvalue weighted by atomic mass is 10.00. The second-order valence-electron chi connectivity index (χ2n) is 12.6. The van der Waals surface area contributed by atoms with Gasteiger partial charge in [0.05, 0.1) is 13.2 Å². The molecule has 246 valence electrons. The third-order valence-corrected chi connectivity index (χ3v) is 6.65. The molecule has 1 fully saturated rings. The molecule has 0 spiro atoms. The zero-order chi connectivity index (χ0) is 33.0. The van der Waals surface area contributed by atoms with Gasteiger partial charge in [-0.15, -0.1) is 0 Å². The molecule has 2 aliphatic heterocycles. The van der Waals surface area contributed by atoms with Gasteiger partial charge >= 0.3 is 18.2 Å². The van der Waals surface area contributed by atoms with Crippen molar-refractivity contribution in [3.05, 3.63) is 34.9 Å². The molecule has 44 heavy (non-hydrogen) atoms. The summed E-state index contributed by atoms with van der Waals surface area (Å²) in [5, 5.41) is 23.5. The van der Waals surface area contributed by atoms with Crippen molar-refractivity contribution < 1.29 is 43.7 Å². The molecular formula is C31H48N4O9. The van der Waals surface area contributed by atoms with Gasteiger partial charge in [0.15, 0.2) is 0 Å². The molecular weight excluding hydrogens is 572 g/mol. The van der Waals surface area contributed by atoms with Gasteiger partial charge in [0.2, 0.25) is 11.8 Å². The molecule has 4 amide bonds. The Morgan fingerprint density at radius 3 is 2.36 bits per heavy atom. The summed E-state index contributed by atoms with van der Waals surface area (Å²) in [5.41, 5.74) is 2.22. The van der Waals surface area contributed by atoms with Crippen LogP contribution in [0.5, 0.6) is 0 Å². The van der Waals surface area contributed by atoms with Crippen LogP contribution in [0, 0.1) is 5.92 Å². The number of carboxylic acids is 1. The molecule has 4 N–H and O–H groups in total. The predicted octanol–water partition coefficient (Wildman–Crippen LogP) is 3.38. The summed E-state index contributed by atoms with van der Waals surface area (Å²) < 4.78 is 10.9. The molecule has 3 rings (SSSR count). The van der Waals surface area contributed by atoms with Gasteiger partial charge in [-0.1, -0.05) is 39.0 Å². The minimum absolute atomic E-state index is 0.180. The van der Waals surface area contributed by atoms with Gasteiger partial charge in [0.25, 0.3) is 0 Å². The number of hydrogen-bond acceptors (Lipinski definition) is 7. The van der Waals surface area contributed by atoms with Crippen molar-refractivity contribution in [3.63, 3.8) is 0 Å². The average Bonchev–Trinajstić information content (AvgIpc) is 3.58. The number of amides is 4. The van der Waals surface area contributed by atoms with Gasteiger partial charge in [0.1, 0.15) is 17.7 Å². The molecule has 0 radical (unpaired) electrons. The van der Waals surface area contributed by atoms with Crippen LogP contribution in [-0.2, 0) is 43.4 Å². The molecule has 2 unspecified atom stereocenters. The largest absolute Gasteiger partial charge is 0.480 e. The number of nitrogens with zero attached hydrogens (tertiary/aromatic N) is 2. The summed E-state index contributed by atoms with van der Waals surface area (Å²) in [7, 11) is 0. The molecule has 0 saturated carbocycles. The fraction of sp³-hybridized carbons (Fsp3) is 0.645. The maximum Gasteiger partial charge on any atom is 0.408 e. The third kappa shape index (κ3) is 12.0. The zero-order valence-corrected chi connectivity index (χ0v) is 26.7. The Bertz CT molecular complexity index is 1160. The number of aryl methyl sites for hydroxylation is 1. The average molecular weight is 621 g/mol. The molecule has 13 heteroatoms. The maximum atomic E-state index is 12.9. The normalized spacial score (nSPS) is 16.5. The van der Waals surface area contributed by atoms with Gasteiger partial charge in [0, 0.05) is 26.2 Å². The quantitative estimate of drug-likeness (QED) is 0.270. The molecule has 1 aromatic carbocycles. The highest BCUT2D eigenvalue weighted by molar-refractivity contribution is 5.91. The number of ether oxygens (including phenoxy) is 2. The first kappa shape index (κ1) is 36.3. The Kier molecular flexibility index (Phi) is 13.9. The van der Waals surface area contributed by atoms with Crippen LogP contribution in [-0.4, -0.2) is 94.0 Å². The van der Waals surface area contributed by atoms with E-state index in [1.807, 2.05) is 18.2 Å². The first-order chi connectivity index (χ1) is 20.6. The summed E-state index contributed by atoms with van der Waals surface area (Å²) in [6.07, 6.45) is 0.370. The van der Waals surface area contributed by atoms with E-state index in [-0.39, 0.29) is 13.2 Å². The smallest absolute Gasteiger partial charge is 0.408 e. The standard InChI is InChI=1S/C27H38N4O9.C4H10/c1-27(2,3)40-25(36)29-20(23(33)28-13-22(32)31-11-5-10-21(31)24(34)35)16-39-12-6-9-17-7-4-8-18-14-30(26(37)38)15-19(17)18;1-4(2)3/h4,7-8,20-21H,5-6,9-16H2,1-3H3,(H,28,33)(H,29,36)(H,34,35)(H,37,38);4H,1-3H3. The fourth-order valence-electron chi connectivity index (χ4n) is 4.77. The fourth-order valence-corrected chi connectivity index (χ4v) is 4.77. The minimum atomic E-state index is -1.15. The van der Waals surface area contributed by atoms with Crippen molar-refractivity contribution in [2.24, 2.45) is 5.92 Å². The van der Waals surface area contributed by atoms with Crippen LogP contribution in [0.25, 0.3) is 0 Å². The van der Waals surface area contributed by atoms with E-state index in [9.17, 15) is 34.2 Å². The second kappa shape index (κ2) is 16.8. The Hall–Kier alpha value is -3.87. The van der Waals surface area contributed by atoms with Crippen molar-refractivity contribution in [1.82, 2.24) is 20.4 Å². The number of carbonyl (C=O) groups is 5. The van der Waals surface area contributed by atoms with Crippen LogP contribution in [0.15, 0.2) is 18.2 Å². The first-order valence-electron chi connectivity index (χ1n) is 15.0. The summed E-state index contributed by atoms with van der Waals surface area (Å²) in [5.74, 6) is -1.44. The summed E-state index contributed by atoms with van der Waals surface area (Å²) >= 11 is 0. The number of fused-ring (bicyclic) bond motifs is 1. The van der Waals surface area contributed by atoms with Gasteiger partial charge < -0.3 is 35.2 Å². The molecule has 0 aromatic heterocycles. The van der Waals surface area contributed by atoms with E-state index in [4.69, 9.17) is 9.47 Å². The number of likely N-dealkylation sites (tertiary alicyclic amines) is 1. The van der Waals surface area contributed by atoms with E-state index in [0.29, 0.717) is 45.3 Å². The Balaban J connectivity index is 0.00000159. The van der Waals surface area contributed by atoms with E-state index in [0.717, 1.165) is 22.6 Å². The molecule has 0 aliphatic carbocycles. The van der Waals surface area contributed by atoms with Crippen molar-refractivity contribution >= 4 is 30.0 Å². The summed E-state index contributed by atoms with van der Waals surface area (Å²) in [4.78, 5) is 63.0. The highest BCUT2D eigenvalue weighted by Crippen LogP contribution is 2.27. The number of alkyl carbamates (subject to hydrolysis) is 1. The number of rotatable bonds is 11. The van der Waals surface area contributed by atoms with Crippen LogP contribution in [0.2, 0.25) is 0 Å². The van der Waals surface area contributed by atoms with Gasteiger partial charge in [-0.05, 0) is 69.1 Å². The van der Waals surface area contributed by atoms with Gasteiger partial charge in [-0.3, -0.25) is 14.5 Å². The van der Waals surface area contributed by atoms with Crippen LogP contribution in [0.3, 0.4) is 0 Å². The van der Waals surface area contributed by atoms with Crippen LogP contribution in [0.1, 0.15) is 77.5 Å². The number of nitrogens with one attached hydrogen (secondary N) is 2. The number of hydrogen-bond donors (Lipinski definition) is 4. The van der Waals surface area contributed by atoms with E-state index in [1.54, 1.807) is 20.8 Å². The molecule has 13 nitrogen and oxygen atoms in total. The lowest BCUT2D eigenvalue weighted by Crippen LogP contribution is -2.53. The molecule has 0 bridgehead atoms. The Labute approximate surface area is 259 Å². The highest BCUT2D eigenvalue weighted by atomic mass is 16.6. The van der Waals surface area contributed by atoms with Gasteiger partial charge in [-0.2, -0.15) is 0 Å². The first-order valence-corrected chi connectivity index (χ1v) is 15.0. The molecule has 2 atom stereocenters. The highest BCUT2D eigenvalue weighted by Gasteiger charge is 2.34. The van der Waals surface area contributed by atoms with E-state index in [1.165, 1.54) is 9.80 Å². The van der Waals surface area contributed by atoms with E-state index < -0.39 is 54.2 Å². The summed E-state index contributed by atoms with van der Waals surface area (Å²) in [6.45, 7) is 12.2. The Morgan fingerprint density at radius 2 is 1.75 bits per heavy atom. The maximum absolute atomic E-state index is 12.9. The number of carboxylic acid groups (broad SMARTS) is 2. The van der Waals surface area contributed by atoms with Crippen molar-refractivity contribution in [2.45, 2.75) is 98.0 Å². The van der Waals surface area contributed by atoms with Crippen molar-refractivity contribution in [2.75, 3.05) is 26.3 Å². The minimum Gasteiger partial charge on any atom is -0.480 e. The zero-order valence-electron chi connectivity index (χ0n) is 26.7. The molecule has 2 aliphatic rings. The van der Waals surface area contributed by atoms with Crippen LogP contribution >= 0.6 is 0 Å². The number of benzene rings is 1. The van der Waals surface area contributed by atoms with Crippen molar-refractivity contribution in [3.8, 4) is 0 Å². The molecule has 1 saturated heterocycles. The van der Waals surface area contributed by atoms with Crippen LogP contribution < -0.4 is 10.6 Å². The third-order valence-electron chi connectivity index (χ3n) is 6.65. The van der Waals surface area contributed by atoms with Crippen molar-refractivity contribution in [1.29, 1.82) is 0 Å². The second-order valence-corrected chi connectivity index (χ2v) is 12.6. The number of carbonyl (C=O) groups excluding carboxylic acids is 3. The molecule has 1 aromatic rings. The lowest BCUT2D eigenvalue weighted by Gasteiger charge is -2.24. The predicted molar refractivity (Wildman–Crippen MR) is 162 cm³/mol. The van der Waals surface area contributed by atoms with E-state index in [2.05, 4.69) is 31.4 Å². The summed E-state index contributed by atoms with van der Waals surface area (Å²) in [6, 6.07) is 3.70. The Morgan fingerprint density at radius 1 is 1.07 bits per heavy atom. The monoisotopic (exact) mass is 620 g/mol. The van der Waals surface area contributed by atoms with E-state index >= 15 is 0 Å². The van der Waals surface area contributed by atoms with Gasteiger partial charge in [-0.25, -0.2) is 14.4 Å². The molecule has 2 heterocycles. The van der Waals surface area contributed by atoms with Crippen LogP contribution in [0.4, 0.5) is 9.59 Å².